The summed E-state index contributed by atoms with van der Waals surface area (Å²) in [4.78, 5) is 14.2. The molecule has 1 aliphatic rings. The van der Waals surface area contributed by atoms with Crippen LogP contribution in [0.1, 0.15) is 10.4 Å². The number of benzene rings is 2. The van der Waals surface area contributed by atoms with Crippen LogP contribution in [0.3, 0.4) is 0 Å². The molecule has 0 radical (unpaired) electrons. The van der Waals surface area contributed by atoms with Crippen molar-refractivity contribution in [3.8, 4) is 11.5 Å². The van der Waals surface area contributed by atoms with E-state index < -0.39 is 5.82 Å². The molecule has 0 aromatic heterocycles. The van der Waals surface area contributed by atoms with E-state index in [1.54, 1.807) is 11.0 Å². The Bertz CT molecular complexity index is 687. The van der Waals surface area contributed by atoms with Crippen molar-refractivity contribution in [3.63, 3.8) is 0 Å². The number of hydrogen-bond acceptors (Lipinski definition) is 3. The number of para-hydroxylation sites is 2. The summed E-state index contributed by atoms with van der Waals surface area (Å²) in [6.45, 7) is 0.852. The fourth-order valence-corrected chi connectivity index (χ4v) is 2.34. The van der Waals surface area contributed by atoms with Crippen molar-refractivity contribution in [1.29, 1.82) is 0 Å². The lowest BCUT2D eigenvalue weighted by Gasteiger charge is -2.29. The van der Waals surface area contributed by atoms with E-state index in [-0.39, 0.29) is 17.2 Å². The molecule has 2 aromatic carbocycles. The van der Waals surface area contributed by atoms with E-state index >= 15 is 0 Å². The predicted molar refractivity (Wildman–Crippen MR) is 76.6 cm³/mol. The highest BCUT2D eigenvalue weighted by atomic mass is 19.1. The summed E-state index contributed by atoms with van der Waals surface area (Å²) in [7, 11) is 1.39. The molecule has 4 nitrogen and oxygen atoms in total. The zero-order valence-corrected chi connectivity index (χ0v) is 11.5. The third kappa shape index (κ3) is 2.42. The van der Waals surface area contributed by atoms with Gasteiger partial charge in [-0.3, -0.25) is 4.79 Å². The summed E-state index contributed by atoms with van der Waals surface area (Å²) >= 11 is 0. The number of rotatable bonds is 2. The van der Waals surface area contributed by atoms with Gasteiger partial charge in [0.05, 0.1) is 19.3 Å². The van der Waals surface area contributed by atoms with Gasteiger partial charge < -0.3 is 14.4 Å². The molecule has 1 aliphatic heterocycles. The normalized spacial score (nSPS) is 13.3. The van der Waals surface area contributed by atoms with Crippen LogP contribution in [0.25, 0.3) is 0 Å². The lowest BCUT2D eigenvalue weighted by Crippen LogP contribution is -2.37. The monoisotopic (exact) mass is 287 g/mol. The molecule has 2 aromatic rings. The fourth-order valence-electron chi connectivity index (χ4n) is 2.34. The number of anilines is 1. The number of hydrogen-bond donors (Lipinski definition) is 0. The maximum atomic E-state index is 13.8. The Balaban J connectivity index is 1.95. The second-order valence-electron chi connectivity index (χ2n) is 4.62. The number of carbonyl (C=O) groups excluding carboxylic acids is 1. The second kappa shape index (κ2) is 5.44. The summed E-state index contributed by atoms with van der Waals surface area (Å²) in [6.07, 6.45) is 0. The Morgan fingerprint density at radius 1 is 1.29 bits per heavy atom. The van der Waals surface area contributed by atoms with E-state index in [1.807, 2.05) is 24.3 Å². The van der Waals surface area contributed by atoms with Gasteiger partial charge in [0, 0.05) is 5.56 Å². The summed E-state index contributed by atoms with van der Waals surface area (Å²) in [5.41, 5.74) is 0.981. The lowest BCUT2D eigenvalue weighted by molar-refractivity contribution is 0.0976. The molecule has 0 fully saturated rings. The van der Waals surface area contributed by atoms with Crippen LogP contribution in [0.5, 0.6) is 11.5 Å². The van der Waals surface area contributed by atoms with Gasteiger partial charge in [-0.15, -0.1) is 0 Å². The molecular weight excluding hydrogens is 273 g/mol. The Morgan fingerprint density at radius 3 is 2.86 bits per heavy atom. The van der Waals surface area contributed by atoms with Crippen LogP contribution in [0.4, 0.5) is 10.1 Å². The van der Waals surface area contributed by atoms with Crippen molar-refractivity contribution in [2.75, 3.05) is 25.2 Å². The van der Waals surface area contributed by atoms with Gasteiger partial charge >= 0.3 is 0 Å². The molecule has 0 atom stereocenters. The summed E-state index contributed by atoms with van der Waals surface area (Å²) < 4.78 is 24.1. The van der Waals surface area contributed by atoms with Crippen molar-refractivity contribution >= 4 is 11.6 Å². The summed E-state index contributed by atoms with van der Waals surface area (Å²) in [5, 5.41) is 0. The average molecular weight is 287 g/mol. The van der Waals surface area contributed by atoms with E-state index in [4.69, 9.17) is 9.47 Å². The van der Waals surface area contributed by atoms with Crippen molar-refractivity contribution in [2.45, 2.75) is 0 Å². The number of carbonyl (C=O) groups is 1. The zero-order chi connectivity index (χ0) is 14.8. The van der Waals surface area contributed by atoms with Crippen LogP contribution in [-0.2, 0) is 0 Å². The van der Waals surface area contributed by atoms with Crippen LogP contribution in [0.15, 0.2) is 42.5 Å². The Labute approximate surface area is 121 Å². The number of nitrogens with zero attached hydrogens (tertiary/aromatic N) is 1. The zero-order valence-electron chi connectivity index (χ0n) is 11.5. The minimum absolute atomic E-state index is 0.119. The van der Waals surface area contributed by atoms with Crippen LogP contribution >= 0.6 is 0 Å². The van der Waals surface area contributed by atoms with E-state index in [2.05, 4.69) is 0 Å². The third-order valence-corrected chi connectivity index (χ3v) is 3.37. The molecule has 0 N–H and O–H groups in total. The Morgan fingerprint density at radius 2 is 2.10 bits per heavy atom. The highest BCUT2D eigenvalue weighted by Crippen LogP contribution is 2.32. The first-order valence-electron chi connectivity index (χ1n) is 6.58. The number of halogens is 1. The average Bonchev–Trinajstić information content (AvgIpc) is 2.53. The van der Waals surface area contributed by atoms with Gasteiger partial charge in [-0.2, -0.15) is 0 Å². The second-order valence-corrected chi connectivity index (χ2v) is 4.62. The summed E-state index contributed by atoms with van der Waals surface area (Å²) in [6, 6.07) is 11.5. The molecule has 0 saturated carbocycles. The molecule has 0 saturated heterocycles. The highest BCUT2D eigenvalue weighted by molar-refractivity contribution is 6.07. The van der Waals surface area contributed by atoms with E-state index in [1.165, 1.54) is 19.2 Å². The van der Waals surface area contributed by atoms with Crippen molar-refractivity contribution in [2.24, 2.45) is 0 Å². The van der Waals surface area contributed by atoms with Crippen molar-refractivity contribution in [1.82, 2.24) is 0 Å². The molecule has 0 spiro atoms. The fraction of sp³-hybridized carbons (Fsp3) is 0.188. The van der Waals surface area contributed by atoms with E-state index in [0.29, 0.717) is 24.6 Å². The minimum Gasteiger partial charge on any atom is -0.494 e. The molecule has 21 heavy (non-hydrogen) atoms. The molecule has 3 rings (SSSR count). The molecule has 1 amide bonds. The molecular formula is C16H14FNO3. The number of methoxy groups -OCH3 is 1. The smallest absolute Gasteiger partial charge is 0.258 e. The van der Waals surface area contributed by atoms with Gasteiger partial charge in [-0.25, -0.2) is 4.39 Å². The first-order chi connectivity index (χ1) is 10.2. The molecule has 108 valence electrons. The summed E-state index contributed by atoms with van der Waals surface area (Å²) in [5.74, 6) is -0.0304. The standard InChI is InChI=1S/C16H14FNO3/c1-20-14-7-6-11(10-12(14)17)16(19)18-8-9-21-15-5-3-2-4-13(15)18/h2-7,10H,8-9H2,1H3. The number of fused-ring (bicyclic) bond motifs is 1. The maximum Gasteiger partial charge on any atom is 0.258 e. The van der Waals surface area contributed by atoms with Gasteiger partial charge in [0.2, 0.25) is 0 Å². The van der Waals surface area contributed by atoms with Crippen LogP contribution < -0.4 is 14.4 Å². The molecule has 5 heteroatoms. The Hall–Kier alpha value is -2.56. The van der Waals surface area contributed by atoms with Crippen LogP contribution in [-0.4, -0.2) is 26.2 Å². The van der Waals surface area contributed by atoms with Crippen LogP contribution in [0.2, 0.25) is 0 Å². The molecule has 1 heterocycles. The minimum atomic E-state index is -0.551. The largest absolute Gasteiger partial charge is 0.494 e. The topological polar surface area (TPSA) is 38.8 Å². The first-order valence-corrected chi connectivity index (χ1v) is 6.58. The number of amides is 1. The van der Waals surface area contributed by atoms with Gasteiger partial charge in [0.25, 0.3) is 5.91 Å². The van der Waals surface area contributed by atoms with Crippen LogP contribution in [0, 0.1) is 5.82 Å². The first kappa shape index (κ1) is 13.4. The molecule has 0 bridgehead atoms. The van der Waals surface area contributed by atoms with Crippen molar-refractivity contribution < 1.29 is 18.7 Å². The number of ether oxygens (including phenoxy) is 2. The van der Waals surface area contributed by atoms with Gasteiger partial charge in [-0.05, 0) is 30.3 Å². The molecule has 0 unspecified atom stereocenters. The van der Waals surface area contributed by atoms with Gasteiger partial charge in [0.1, 0.15) is 12.4 Å². The van der Waals surface area contributed by atoms with E-state index in [9.17, 15) is 9.18 Å². The van der Waals surface area contributed by atoms with Crippen molar-refractivity contribution in [3.05, 3.63) is 53.8 Å². The Kier molecular flexibility index (Phi) is 3.48. The third-order valence-electron chi connectivity index (χ3n) is 3.37. The maximum absolute atomic E-state index is 13.8. The predicted octanol–water partition coefficient (Wildman–Crippen LogP) is 2.87. The molecule has 0 aliphatic carbocycles. The quantitative estimate of drug-likeness (QED) is 0.852. The van der Waals surface area contributed by atoms with E-state index in [0.717, 1.165) is 0 Å². The SMILES string of the molecule is COc1ccc(C(=O)N2CCOc3ccccc32)cc1F. The lowest BCUT2D eigenvalue weighted by atomic mass is 10.1. The van der Waals surface area contributed by atoms with Gasteiger partial charge in [0.15, 0.2) is 11.6 Å². The van der Waals surface area contributed by atoms with Gasteiger partial charge in [-0.1, -0.05) is 12.1 Å². The highest BCUT2D eigenvalue weighted by Gasteiger charge is 2.24.